The molecule has 36 heavy (non-hydrogen) atoms. The molecule has 2 aromatic heterocycles. The average Bonchev–Trinajstić information content (AvgIpc) is 3.29. The molecule has 0 aliphatic carbocycles. The summed E-state index contributed by atoms with van der Waals surface area (Å²) in [7, 11) is 0. The number of anilines is 1. The summed E-state index contributed by atoms with van der Waals surface area (Å²) in [5.41, 5.74) is 4.89. The minimum Gasteiger partial charge on any atom is -0.396 e. The zero-order valence-corrected chi connectivity index (χ0v) is 18.8. The number of pyridine rings is 1. The summed E-state index contributed by atoms with van der Waals surface area (Å²) in [6.45, 7) is -1.55. The molecule has 0 bridgehead atoms. The number of aliphatic hydroxyl groups excluding tert-OH is 1. The van der Waals surface area contributed by atoms with Crippen molar-refractivity contribution in [3.05, 3.63) is 78.6 Å². The van der Waals surface area contributed by atoms with Crippen molar-refractivity contribution < 1.29 is 32.7 Å². The molecule has 0 fully saturated rings. The first-order valence-electron chi connectivity index (χ1n) is 10.8. The second-order valence-corrected chi connectivity index (χ2v) is 7.78. The first-order valence-corrected chi connectivity index (χ1v) is 10.8. The first kappa shape index (κ1) is 24.7. The number of amides is 2. The number of hydrogen-bond donors (Lipinski definition) is 2. The lowest BCUT2D eigenvalue weighted by Crippen LogP contribution is -2.43. The van der Waals surface area contributed by atoms with Crippen LogP contribution in [0.4, 0.5) is 23.7 Å². The molecule has 0 radical (unpaired) electrons. The molecular weight excluding hydrogens is 477 g/mol. The first-order chi connectivity index (χ1) is 17.3. The van der Waals surface area contributed by atoms with E-state index in [1.54, 1.807) is 23.6 Å². The van der Waals surface area contributed by atoms with E-state index in [1.807, 2.05) is 47.0 Å². The minimum absolute atomic E-state index is 0.0497. The number of carbonyl (C=O) groups excluding carboxylic acids is 2. The number of carbonyl (C=O) groups is 2. The molecule has 2 aromatic carbocycles. The normalized spacial score (nSPS) is 11.3. The molecule has 2 heterocycles. The summed E-state index contributed by atoms with van der Waals surface area (Å²) in [5, 5.41) is 11.2. The van der Waals surface area contributed by atoms with E-state index < -0.39 is 18.8 Å². The van der Waals surface area contributed by atoms with Gasteiger partial charge in [-0.05, 0) is 47.4 Å². The number of hydroxylamine groups is 1. The van der Waals surface area contributed by atoms with Crippen molar-refractivity contribution in [2.24, 2.45) is 0 Å². The van der Waals surface area contributed by atoms with Gasteiger partial charge in [0.2, 0.25) is 0 Å². The van der Waals surface area contributed by atoms with Crippen LogP contribution in [0.3, 0.4) is 0 Å². The van der Waals surface area contributed by atoms with Crippen LogP contribution in [-0.2, 0) is 16.1 Å². The van der Waals surface area contributed by atoms with E-state index in [2.05, 4.69) is 9.82 Å². The zero-order valence-electron chi connectivity index (χ0n) is 18.8. The van der Waals surface area contributed by atoms with Crippen LogP contribution in [0.5, 0.6) is 0 Å². The number of fused-ring (bicyclic) bond motifs is 1. The van der Waals surface area contributed by atoms with Gasteiger partial charge in [-0.1, -0.05) is 36.4 Å². The quantitative estimate of drug-likeness (QED) is 0.278. The highest BCUT2D eigenvalue weighted by atomic mass is 19.4. The lowest BCUT2D eigenvalue weighted by atomic mass is 10.0. The van der Waals surface area contributed by atoms with E-state index in [1.165, 1.54) is 12.1 Å². The Balaban J connectivity index is 1.61. The summed E-state index contributed by atoms with van der Waals surface area (Å²) >= 11 is 0. The number of nitrogens with one attached hydrogen (secondary N) is 1. The number of aliphatic hydroxyl groups is 1. The maximum atomic E-state index is 12.5. The van der Waals surface area contributed by atoms with E-state index in [-0.39, 0.29) is 18.8 Å². The summed E-state index contributed by atoms with van der Waals surface area (Å²) in [6, 6.07) is 16.6. The Morgan fingerprint density at radius 1 is 1.08 bits per heavy atom. The minimum atomic E-state index is -4.62. The van der Waals surface area contributed by atoms with Crippen molar-refractivity contribution in [2.75, 3.05) is 18.2 Å². The van der Waals surface area contributed by atoms with Gasteiger partial charge < -0.3 is 15.3 Å². The fourth-order valence-electron chi connectivity index (χ4n) is 3.67. The molecule has 11 heteroatoms. The molecule has 4 rings (SSSR count). The molecule has 186 valence electrons. The Labute approximate surface area is 203 Å². The number of alkyl halides is 3. The number of halogens is 3. The lowest BCUT2D eigenvalue weighted by Gasteiger charge is -2.20. The van der Waals surface area contributed by atoms with Gasteiger partial charge in [0.1, 0.15) is 12.2 Å². The lowest BCUT2D eigenvalue weighted by molar-refractivity contribution is -0.129. The molecule has 8 nitrogen and oxygen atoms in total. The number of benzene rings is 2. The van der Waals surface area contributed by atoms with Crippen molar-refractivity contribution in [1.29, 1.82) is 0 Å². The van der Waals surface area contributed by atoms with Crippen molar-refractivity contribution in [2.45, 2.75) is 12.6 Å². The van der Waals surface area contributed by atoms with Gasteiger partial charge >= 0.3 is 18.7 Å². The average molecular weight is 498 g/mol. The predicted octanol–water partition coefficient (Wildman–Crippen LogP) is 4.37. The molecule has 0 spiro atoms. The van der Waals surface area contributed by atoms with Crippen LogP contribution in [0.1, 0.15) is 5.56 Å². The number of aromatic nitrogens is 2. The summed E-state index contributed by atoms with van der Waals surface area (Å²) < 4.78 is 39.3. The molecule has 2 amide bonds. The van der Waals surface area contributed by atoms with Crippen LogP contribution >= 0.6 is 0 Å². The van der Waals surface area contributed by atoms with Crippen LogP contribution < -0.4 is 10.4 Å². The molecule has 0 atom stereocenters. The molecule has 0 saturated carbocycles. The van der Waals surface area contributed by atoms with Crippen molar-refractivity contribution >= 4 is 23.8 Å². The Bertz CT molecular complexity index is 1370. The van der Waals surface area contributed by atoms with Crippen molar-refractivity contribution in [1.82, 2.24) is 14.7 Å². The van der Waals surface area contributed by atoms with E-state index in [0.29, 0.717) is 28.4 Å². The third-order valence-corrected chi connectivity index (χ3v) is 5.35. The van der Waals surface area contributed by atoms with E-state index in [4.69, 9.17) is 5.11 Å². The van der Waals surface area contributed by atoms with Gasteiger partial charge in [0.25, 0.3) is 0 Å². The molecular formula is C25H21F3N4O4. The molecule has 0 aliphatic heterocycles. The second kappa shape index (κ2) is 10.5. The van der Waals surface area contributed by atoms with Crippen LogP contribution in [0.25, 0.3) is 28.0 Å². The third-order valence-electron chi connectivity index (χ3n) is 5.35. The number of imidazole rings is 1. The fraction of sp³-hybridized carbons (Fsp3) is 0.160. The standard InChI is InChI=1S/C25H21F3N4O4/c26-25(27,28)15-30-24(35)32(36-16-34)21-3-1-2-20(12-21)22-14-29-23-13-19(8-10-31(22)23)18-6-4-17(5-7-18)9-11-33/h1-8,10,12-14,16,33H,9,11,15H2,(H,30,35). The highest BCUT2D eigenvalue weighted by Crippen LogP contribution is 2.28. The van der Waals surface area contributed by atoms with Gasteiger partial charge in [-0.2, -0.15) is 13.2 Å². The molecule has 0 aliphatic rings. The Kier molecular flexibility index (Phi) is 7.20. The van der Waals surface area contributed by atoms with Crippen molar-refractivity contribution in [3.63, 3.8) is 0 Å². The second-order valence-electron chi connectivity index (χ2n) is 7.78. The number of rotatable bonds is 8. The SMILES string of the molecule is O=CON(C(=O)NCC(F)(F)F)c1cccc(-c2cnc3cc(-c4ccc(CCO)cc4)ccn23)c1. The molecule has 4 aromatic rings. The topological polar surface area (TPSA) is 96.2 Å². The van der Waals surface area contributed by atoms with E-state index in [0.717, 1.165) is 16.7 Å². The molecule has 0 saturated heterocycles. The maximum Gasteiger partial charge on any atom is 0.405 e. The largest absolute Gasteiger partial charge is 0.405 e. The highest BCUT2D eigenvalue weighted by Gasteiger charge is 2.30. The maximum absolute atomic E-state index is 12.5. The van der Waals surface area contributed by atoms with Gasteiger partial charge in [-0.15, -0.1) is 5.06 Å². The Morgan fingerprint density at radius 3 is 2.56 bits per heavy atom. The highest BCUT2D eigenvalue weighted by molar-refractivity contribution is 5.91. The number of urea groups is 1. The predicted molar refractivity (Wildman–Crippen MR) is 126 cm³/mol. The number of nitrogens with zero attached hydrogens (tertiary/aromatic N) is 3. The summed E-state index contributed by atoms with van der Waals surface area (Å²) in [4.78, 5) is 32.2. The van der Waals surface area contributed by atoms with Gasteiger partial charge in [0.05, 0.1) is 17.6 Å². The van der Waals surface area contributed by atoms with Crippen LogP contribution in [0.2, 0.25) is 0 Å². The van der Waals surface area contributed by atoms with Gasteiger partial charge in [0, 0.05) is 18.4 Å². The van der Waals surface area contributed by atoms with Gasteiger partial charge in [0.15, 0.2) is 0 Å². The zero-order chi connectivity index (χ0) is 25.7. The van der Waals surface area contributed by atoms with Crippen LogP contribution in [-0.4, -0.2) is 46.3 Å². The summed E-state index contributed by atoms with van der Waals surface area (Å²) in [5.74, 6) is 0. The summed E-state index contributed by atoms with van der Waals surface area (Å²) in [6.07, 6.45) is -0.587. The Hall–Kier alpha value is -4.38. The Morgan fingerprint density at radius 2 is 1.86 bits per heavy atom. The molecule has 0 unspecified atom stereocenters. The third kappa shape index (κ3) is 5.63. The van der Waals surface area contributed by atoms with E-state index >= 15 is 0 Å². The van der Waals surface area contributed by atoms with Crippen LogP contribution in [0.15, 0.2) is 73.1 Å². The monoisotopic (exact) mass is 498 g/mol. The van der Waals surface area contributed by atoms with Gasteiger partial charge in [-0.25, -0.2) is 9.78 Å². The smallest absolute Gasteiger partial charge is 0.396 e. The van der Waals surface area contributed by atoms with Crippen LogP contribution in [0, 0.1) is 0 Å². The van der Waals surface area contributed by atoms with Gasteiger partial charge in [-0.3, -0.25) is 9.20 Å². The van der Waals surface area contributed by atoms with E-state index in [9.17, 15) is 22.8 Å². The molecule has 2 N–H and O–H groups in total. The fourth-order valence-corrected chi connectivity index (χ4v) is 3.67. The number of hydrogen-bond acceptors (Lipinski definition) is 5. The van der Waals surface area contributed by atoms with Crippen molar-refractivity contribution in [3.8, 4) is 22.4 Å².